The van der Waals surface area contributed by atoms with Gasteiger partial charge in [0.15, 0.2) is 0 Å². The lowest BCUT2D eigenvalue weighted by molar-refractivity contribution is -0.399. The molecule has 0 aromatic heterocycles. The summed E-state index contributed by atoms with van der Waals surface area (Å²) in [5, 5.41) is 14.9. The fraction of sp³-hybridized carbons (Fsp3) is 0.211. The number of carbonyl (C=O) groups is 1. The highest BCUT2D eigenvalue weighted by molar-refractivity contribution is 5.78. The largest absolute Gasteiger partial charge is 0.478 e. The predicted molar refractivity (Wildman–Crippen MR) is 94.7 cm³/mol. The molecule has 0 saturated heterocycles. The summed E-state index contributed by atoms with van der Waals surface area (Å²) in [6, 6.07) is 10.1. The van der Waals surface area contributed by atoms with Crippen molar-refractivity contribution in [1.82, 2.24) is 0 Å². The maximum Gasteiger partial charge on any atom is 0.460 e. The number of nitrogens with zero attached hydrogens (tertiary/aromatic N) is 2. The minimum absolute atomic E-state index is 0.107. The Kier molecular flexibility index (Phi) is 8.19. The molecular formula is C19H13F9N2O2. The molecule has 32 heavy (non-hydrogen) atoms. The maximum atomic E-state index is 13.8. The van der Waals surface area contributed by atoms with E-state index in [0.717, 1.165) is 18.2 Å². The molecule has 13 heteroatoms. The minimum atomic E-state index is -6.94. The van der Waals surface area contributed by atoms with Crippen molar-refractivity contribution in [3.05, 3.63) is 72.8 Å². The van der Waals surface area contributed by atoms with Crippen molar-refractivity contribution in [2.24, 2.45) is 10.2 Å². The molecule has 174 valence electrons. The standard InChI is InChI=1S/C16H9F9N2.C3H4O2/c17-13(18,14(19,20)15(21,22)16(23,24)25)10-6-8-12(9-7-10)27-26-11-4-2-1-3-5-11;1-2-3(4)5/h1-9H;2H,1H2,(H,4,5). The number of carboxylic acids is 1. The molecule has 2 aromatic rings. The van der Waals surface area contributed by atoms with Gasteiger partial charge >= 0.3 is 29.9 Å². The summed E-state index contributed by atoms with van der Waals surface area (Å²) in [5.41, 5.74) is -1.46. The molecule has 0 radical (unpaired) electrons. The van der Waals surface area contributed by atoms with Gasteiger partial charge in [-0.3, -0.25) is 0 Å². The number of azo groups is 1. The molecule has 0 heterocycles. The highest BCUT2D eigenvalue weighted by atomic mass is 19.4. The molecule has 0 aliphatic heterocycles. The van der Waals surface area contributed by atoms with Crippen molar-refractivity contribution in [3.8, 4) is 0 Å². The lowest BCUT2D eigenvalue weighted by Crippen LogP contribution is -2.59. The first-order valence-electron chi connectivity index (χ1n) is 8.20. The van der Waals surface area contributed by atoms with E-state index in [-0.39, 0.29) is 17.8 Å². The van der Waals surface area contributed by atoms with Crippen LogP contribution in [0.25, 0.3) is 0 Å². The number of benzene rings is 2. The maximum absolute atomic E-state index is 13.8. The number of hydrogen-bond acceptors (Lipinski definition) is 3. The first kappa shape index (κ1) is 26.7. The monoisotopic (exact) mass is 472 g/mol. The predicted octanol–water partition coefficient (Wildman–Crippen LogP) is 7.28. The van der Waals surface area contributed by atoms with Crippen molar-refractivity contribution in [3.63, 3.8) is 0 Å². The summed E-state index contributed by atoms with van der Waals surface area (Å²) in [6.07, 6.45) is -6.02. The summed E-state index contributed by atoms with van der Waals surface area (Å²) < 4.78 is 116. The van der Waals surface area contributed by atoms with E-state index in [1.807, 2.05) is 0 Å². The fourth-order valence-corrected chi connectivity index (χ4v) is 1.90. The molecule has 0 fully saturated rings. The van der Waals surface area contributed by atoms with E-state index in [2.05, 4.69) is 16.8 Å². The molecule has 0 bridgehead atoms. The number of alkyl halides is 9. The molecule has 0 unspecified atom stereocenters. The normalized spacial score (nSPS) is 12.8. The lowest BCUT2D eigenvalue weighted by Gasteiger charge is -2.33. The number of carboxylic acid groups (broad SMARTS) is 1. The highest BCUT2D eigenvalue weighted by Crippen LogP contribution is 2.56. The third-order valence-corrected chi connectivity index (χ3v) is 3.59. The number of rotatable bonds is 6. The van der Waals surface area contributed by atoms with E-state index >= 15 is 0 Å². The first-order chi connectivity index (χ1) is 14.6. The Labute approximate surface area is 174 Å². The van der Waals surface area contributed by atoms with Crippen molar-refractivity contribution >= 4 is 17.3 Å². The molecule has 2 rings (SSSR count). The molecule has 0 amide bonds. The van der Waals surface area contributed by atoms with Gasteiger partial charge in [0.25, 0.3) is 0 Å². The van der Waals surface area contributed by atoms with Crippen LogP contribution in [0, 0.1) is 0 Å². The number of halogens is 9. The van der Waals surface area contributed by atoms with Crippen molar-refractivity contribution in [1.29, 1.82) is 0 Å². The summed E-state index contributed by atoms with van der Waals surface area (Å²) in [6.45, 7) is 2.96. The van der Waals surface area contributed by atoms with Crippen LogP contribution < -0.4 is 0 Å². The van der Waals surface area contributed by atoms with Gasteiger partial charge in [0.1, 0.15) is 0 Å². The van der Waals surface area contributed by atoms with Gasteiger partial charge in [0, 0.05) is 11.6 Å². The quantitative estimate of drug-likeness (QED) is 0.273. The third-order valence-electron chi connectivity index (χ3n) is 3.59. The van der Waals surface area contributed by atoms with Crippen molar-refractivity contribution < 1.29 is 49.4 Å². The Bertz CT molecular complexity index is 942. The van der Waals surface area contributed by atoms with Gasteiger partial charge in [0.2, 0.25) is 0 Å². The zero-order valence-electron chi connectivity index (χ0n) is 15.6. The lowest BCUT2D eigenvalue weighted by atomic mass is 9.96. The van der Waals surface area contributed by atoms with E-state index in [1.54, 1.807) is 30.3 Å². The van der Waals surface area contributed by atoms with Crippen LogP contribution >= 0.6 is 0 Å². The Hall–Kier alpha value is -3.38. The van der Waals surface area contributed by atoms with E-state index in [9.17, 15) is 44.3 Å². The topological polar surface area (TPSA) is 62.0 Å². The smallest absolute Gasteiger partial charge is 0.460 e. The SMILES string of the molecule is C=CC(=O)O.FC(F)(F)C(F)(F)C(F)(F)C(F)(F)c1ccc(N=Nc2ccccc2)cc1. The van der Waals surface area contributed by atoms with E-state index < -0.39 is 35.5 Å². The second-order valence-corrected chi connectivity index (χ2v) is 5.85. The Morgan fingerprint density at radius 3 is 1.53 bits per heavy atom. The average molecular weight is 472 g/mol. The van der Waals surface area contributed by atoms with Crippen LogP contribution in [0.1, 0.15) is 5.56 Å². The summed E-state index contributed by atoms with van der Waals surface area (Å²) in [4.78, 5) is 9.25. The van der Waals surface area contributed by atoms with Gasteiger partial charge in [0.05, 0.1) is 11.4 Å². The van der Waals surface area contributed by atoms with E-state index in [1.165, 1.54) is 0 Å². The van der Waals surface area contributed by atoms with E-state index in [0.29, 0.717) is 5.69 Å². The summed E-state index contributed by atoms with van der Waals surface area (Å²) in [5.74, 6) is -20.4. The van der Waals surface area contributed by atoms with Gasteiger partial charge in [-0.2, -0.15) is 49.7 Å². The molecule has 0 atom stereocenters. The van der Waals surface area contributed by atoms with Gasteiger partial charge in [-0.05, 0) is 24.3 Å². The van der Waals surface area contributed by atoms with Crippen LogP contribution in [0.2, 0.25) is 0 Å². The second kappa shape index (κ2) is 9.83. The first-order valence-corrected chi connectivity index (χ1v) is 8.20. The molecule has 1 N–H and O–H groups in total. The van der Waals surface area contributed by atoms with Crippen LogP contribution in [-0.2, 0) is 10.7 Å². The molecule has 0 saturated carbocycles. The highest BCUT2D eigenvalue weighted by Gasteiger charge is 2.81. The van der Waals surface area contributed by atoms with Crippen molar-refractivity contribution in [2.45, 2.75) is 23.9 Å². The Balaban J connectivity index is 0.000000920. The van der Waals surface area contributed by atoms with Gasteiger partial charge in [-0.1, -0.05) is 36.9 Å². The summed E-state index contributed by atoms with van der Waals surface area (Å²) >= 11 is 0. The van der Waals surface area contributed by atoms with Crippen molar-refractivity contribution in [2.75, 3.05) is 0 Å². The molecule has 0 aliphatic carbocycles. The van der Waals surface area contributed by atoms with Gasteiger partial charge in [-0.25, -0.2) is 4.79 Å². The van der Waals surface area contributed by atoms with Crippen LogP contribution in [-0.4, -0.2) is 29.1 Å². The Morgan fingerprint density at radius 2 is 1.16 bits per heavy atom. The van der Waals surface area contributed by atoms with Gasteiger partial charge < -0.3 is 5.11 Å². The average Bonchev–Trinajstić information content (AvgIpc) is 2.72. The molecule has 2 aromatic carbocycles. The minimum Gasteiger partial charge on any atom is -0.478 e. The van der Waals surface area contributed by atoms with Crippen LogP contribution in [0.15, 0.2) is 77.5 Å². The number of aliphatic carboxylic acids is 1. The molecule has 0 aliphatic rings. The zero-order valence-corrected chi connectivity index (χ0v) is 15.6. The zero-order chi connectivity index (χ0) is 24.8. The molecule has 4 nitrogen and oxygen atoms in total. The summed E-state index contributed by atoms with van der Waals surface area (Å²) in [7, 11) is 0. The van der Waals surface area contributed by atoms with Crippen LogP contribution in [0.4, 0.5) is 50.9 Å². The van der Waals surface area contributed by atoms with E-state index in [4.69, 9.17) is 5.11 Å². The van der Waals surface area contributed by atoms with Crippen LogP contribution in [0.5, 0.6) is 0 Å². The van der Waals surface area contributed by atoms with Gasteiger partial charge in [-0.15, -0.1) is 0 Å². The number of hydrogen-bond donors (Lipinski definition) is 1. The Morgan fingerprint density at radius 1 is 0.750 bits per heavy atom. The second-order valence-electron chi connectivity index (χ2n) is 5.85. The fourth-order valence-electron chi connectivity index (χ4n) is 1.90. The third kappa shape index (κ3) is 5.86. The molecule has 0 spiro atoms. The molecular weight excluding hydrogens is 459 g/mol. The van der Waals surface area contributed by atoms with Crippen LogP contribution in [0.3, 0.4) is 0 Å².